The van der Waals surface area contributed by atoms with Gasteiger partial charge in [-0.2, -0.15) is 5.10 Å². The highest BCUT2D eigenvalue weighted by atomic mass is 79.9. The zero-order valence-corrected chi connectivity index (χ0v) is 11.6. The number of aromatic nitrogens is 2. The lowest BCUT2D eigenvalue weighted by Gasteiger charge is -2.07. The van der Waals surface area contributed by atoms with Crippen LogP contribution in [0.25, 0.3) is 0 Å². The van der Waals surface area contributed by atoms with Crippen LogP contribution in [0.1, 0.15) is 17.0 Å². The van der Waals surface area contributed by atoms with Crippen molar-refractivity contribution in [3.63, 3.8) is 0 Å². The molecule has 0 saturated carbocycles. The summed E-state index contributed by atoms with van der Waals surface area (Å²) in [4.78, 5) is 0. The summed E-state index contributed by atoms with van der Waals surface area (Å²) in [5.41, 5.74) is 3.30. The monoisotopic (exact) mass is 294 g/mol. The fourth-order valence-electron chi connectivity index (χ4n) is 1.67. The summed E-state index contributed by atoms with van der Waals surface area (Å²) in [6.07, 6.45) is 0. The highest BCUT2D eigenvalue weighted by molar-refractivity contribution is 9.08. The normalized spacial score (nSPS) is 10.5. The number of hydrogen-bond acceptors (Lipinski definition) is 2. The van der Waals surface area contributed by atoms with E-state index in [-0.39, 0.29) is 0 Å². The average Bonchev–Trinajstić information content (AvgIpc) is 2.65. The van der Waals surface area contributed by atoms with Crippen LogP contribution in [0.5, 0.6) is 5.75 Å². The van der Waals surface area contributed by atoms with Crippen molar-refractivity contribution in [2.75, 3.05) is 0 Å². The second kappa shape index (κ2) is 5.36. The van der Waals surface area contributed by atoms with Crippen LogP contribution in [-0.4, -0.2) is 9.78 Å². The fraction of sp³-hybridized carbons (Fsp3) is 0.308. The Morgan fingerprint density at radius 2 is 2.18 bits per heavy atom. The minimum Gasteiger partial charge on any atom is -0.487 e. The van der Waals surface area contributed by atoms with E-state index in [1.165, 1.54) is 5.56 Å². The van der Waals surface area contributed by atoms with Crippen molar-refractivity contribution in [2.45, 2.75) is 18.9 Å². The van der Waals surface area contributed by atoms with Crippen molar-refractivity contribution in [3.8, 4) is 5.75 Å². The standard InChI is InChI=1S/C13H15BrN2O/c1-10-6-12(16(2)15-10)9-17-13-5-3-4-11(7-13)8-14/h3-7H,8-9H2,1-2H3. The number of ether oxygens (including phenoxy) is 1. The van der Waals surface area contributed by atoms with Gasteiger partial charge in [0.25, 0.3) is 0 Å². The van der Waals surface area contributed by atoms with Gasteiger partial charge in [0.05, 0.1) is 11.4 Å². The molecule has 0 aliphatic heterocycles. The zero-order chi connectivity index (χ0) is 12.3. The van der Waals surface area contributed by atoms with Crippen LogP contribution in [0.15, 0.2) is 30.3 Å². The van der Waals surface area contributed by atoms with Crippen LogP contribution in [0.3, 0.4) is 0 Å². The largest absolute Gasteiger partial charge is 0.487 e. The number of halogens is 1. The molecule has 0 aliphatic rings. The first-order valence-electron chi connectivity index (χ1n) is 5.46. The molecule has 2 rings (SSSR count). The van der Waals surface area contributed by atoms with Crippen molar-refractivity contribution in [3.05, 3.63) is 47.3 Å². The maximum atomic E-state index is 5.75. The third kappa shape index (κ3) is 3.09. The van der Waals surface area contributed by atoms with Crippen molar-refractivity contribution in [2.24, 2.45) is 7.05 Å². The van der Waals surface area contributed by atoms with Crippen molar-refractivity contribution >= 4 is 15.9 Å². The number of alkyl halides is 1. The molecule has 0 unspecified atom stereocenters. The van der Waals surface area contributed by atoms with Gasteiger partial charge in [-0.15, -0.1) is 0 Å². The molecule has 0 saturated heterocycles. The van der Waals surface area contributed by atoms with E-state index in [1.807, 2.05) is 42.9 Å². The lowest BCUT2D eigenvalue weighted by atomic mass is 10.2. The molecule has 4 heteroatoms. The summed E-state index contributed by atoms with van der Waals surface area (Å²) in [5, 5.41) is 5.13. The topological polar surface area (TPSA) is 27.1 Å². The molecule has 0 radical (unpaired) electrons. The second-order valence-electron chi connectivity index (χ2n) is 3.97. The van der Waals surface area contributed by atoms with Crippen LogP contribution in [0.2, 0.25) is 0 Å². The minimum absolute atomic E-state index is 0.545. The van der Waals surface area contributed by atoms with Crippen molar-refractivity contribution in [1.82, 2.24) is 9.78 Å². The zero-order valence-electron chi connectivity index (χ0n) is 9.98. The summed E-state index contributed by atoms with van der Waals surface area (Å²) in [6.45, 7) is 2.53. The summed E-state index contributed by atoms with van der Waals surface area (Å²) >= 11 is 3.43. The molecule has 1 aromatic carbocycles. The maximum Gasteiger partial charge on any atom is 0.130 e. The van der Waals surface area contributed by atoms with Gasteiger partial charge < -0.3 is 4.74 Å². The molecule has 0 spiro atoms. The van der Waals surface area contributed by atoms with Gasteiger partial charge in [0.2, 0.25) is 0 Å². The van der Waals surface area contributed by atoms with E-state index < -0.39 is 0 Å². The van der Waals surface area contributed by atoms with Crippen molar-refractivity contribution in [1.29, 1.82) is 0 Å². The third-order valence-electron chi connectivity index (χ3n) is 2.54. The molecule has 0 aliphatic carbocycles. The molecule has 1 heterocycles. The van der Waals surface area contributed by atoms with Gasteiger partial charge in [0.15, 0.2) is 0 Å². The first-order valence-corrected chi connectivity index (χ1v) is 6.58. The molecule has 3 nitrogen and oxygen atoms in total. The Kier molecular flexibility index (Phi) is 3.84. The summed E-state index contributed by atoms with van der Waals surface area (Å²) < 4.78 is 7.60. The lowest BCUT2D eigenvalue weighted by molar-refractivity contribution is 0.294. The molecule has 1 aromatic heterocycles. The number of benzene rings is 1. The Hall–Kier alpha value is -1.29. The Morgan fingerprint density at radius 3 is 2.82 bits per heavy atom. The van der Waals surface area contributed by atoms with Gasteiger partial charge in [-0.25, -0.2) is 0 Å². The molecular formula is C13H15BrN2O. The van der Waals surface area contributed by atoms with E-state index in [2.05, 4.69) is 27.1 Å². The predicted molar refractivity (Wildman–Crippen MR) is 71.4 cm³/mol. The highest BCUT2D eigenvalue weighted by Crippen LogP contribution is 2.17. The van der Waals surface area contributed by atoms with Crippen LogP contribution < -0.4 is 4.74 Å². The van der Waals surface area contributed by atoms with Gasteiger partial charge in [-0.1, -0.05) is 28.1 Å². The van der Waals surface area contributed by atoms with Gasteiger partial charge >= 0.3 is 0 Å². The quantitative estimate of drug-likeness (QED) is 0.810. The molecule has 0 bridgehead atoms. The molecule has 0 fully saturated rings. The van der Waals surface area contributed by atoms with Gasteiger partial charge in [0.1, 0.15) is 12.4 Å². The number of aryl methyl sites for hydroxylation is 2. The Labute approximate surface area is 110 Å². The first kappa shape index (κ1) is 12.2. The maximum absolute atomic E-state index is 5.75. The Balaban J connectivity index is 2.04. The summed E-state index contributed by atoms with van der Waals surface area (Å²) in [7, 11) is 1.93. The smallest absolute Gasteiger partial charge is 0.130 e. The molecule has 0 atom stereocenters. The molecular weight excluding hydrogens is 280 g/mol. The van der Waals surface area contributed by atoms with E-state index in [0.29, 0.717) is 6.61 Å². The Morgan fingerprint density at radius 1 is 1.35 bits per heavy atom. The third-order valence-corrected chi connectivity index (χ3v) is 3.19. The van der Waals surface area contributed by atoms with Crippen LogP contribution >= 0.6 is 15.9 Å². The molecule has 0 N–H and O–H groups in total. The summed E-state index contributed by atoms with van der Waals surface area (Å²) in [6, 6.07) is 10.1. The molecule has 90 valence electrons. The van der Waals surface area contributed by atoms with Crippen LogP contribution in [-0.2, 0) is 19.0 Å². The van der Waals surface area contributed by atoms with E-state index in [4.69, 9.17) is 4.74 Å². The highest BCUT2D eigenvalue weighted by Gasteiger charge is 2.03. The van der Waals surface area contributed by atoms with E-state index in [9.17, 15) is 0 Å². The second-order valence-corrected chi connectivity index (χ2v) is 4.53. The molecule has 0 amide bonds. The van der Waals surface area contributed by atoms with Crippen LogP contribution in [0, 0.1) is 6.92 Å². The van der Waals surface area contributed by atoms with E-state index in [0.717, 1.165) is 22.5 Å². The first-order chi connectivity index (χ1) is 8.19. The number of nitrogens with zero attached hydrogens (tertiary/aromatic N) is 2. The average molecular weight is 295 g/mol. The minimum atomic E-state index is 0.545. The van der Waals surface area contributed by atoms with E-state index in [1.54, 1.807) is 0 Å². The number of rotatable bonds is 4. The lowest BCUT2D eigenvalue weighted by Crippen LogP contribution is -2.03. The Bertz CT molecular complexity index is 508. The predicted octanol–water partition coefficient (Wildman–Crippen LogP) is 3.20. The SMILES string of the molecule is Cc1cc(COc2cccc(CBr)c2)n(C)n1. The van der Waals surface area contributed by atoms with Crippen molar-refractivity contribution < 1.29 is 4.74 Å². The van der Waals surface area contributed by atoms with Gasteiger partial charge in [-0.05, 0) is 30.7 Å². The number of hydrogen-bond donors (Lipinski definition) is 0. The fourth-order valence-corrected chi connectivity index (χ4v) is 2.02. The summed E-state index contributed by atoms with van der Waals surface area (Å²) in [5.74, 6) is 0.890. The van der Waals surface area contributed by atoms with E-state index >= 15 is 0 Å². The van der Waals surface area contributed by atoms with Gasteiger partial charge in [-0.3, -0.25) is 4.68 Å². The molecule has 2 aromatic rings. The van der Waals surface area contributed by atoms with Gasteiger partial charge in [0, 0.05) is 12.4 Å². The van der Waals surface area contributed by atoms with Crippen LogP contribution in [0.4, 0.5) is 0 Å². The molecule has 17 heavy (non-hydrogen) atoms.